The molecule has 5 heteroatoms. The van der Waals surface area contributed by atoms with E-state index in [-0.39, 0.29) is 0 Å². The number of aryl methyl sites for hydroxylation is 1. The molecule has 0 saturated carbocycles. The first-order valence-electron chi connectivity index (χ1n) is 5.34. The summed E-state index contributed by atoms with van der Waals surface area (Å²) in [4.78, 5) is 0. The van der Waals surface area contributed by atoms with Gasteiger partial charge in [-0.3, -0.25) is 0 Å². The van der Waals surface area contributed by atoms with E-state index in [0.29, 0.717) is 5.69 Å². The third-order valence-corrected chi connectivity index (χ3v) is 2.72. The zero-order valence-electron chi connectivity index (χ0n) is 9.82. The number of rotatable bonds is 4. The lowest BCUT2D eigenvalue weighted by Gasteiger charge is -2.21. The number of aliphatic hydroxyl groups excluding tert-OH is 1. The van der Waals surface area contributed by atoms with Gasteiger partial charge in [0.2, 0.25) is 0 Å². The second kappa shape index (κ2) is 5.07. The quantitative estimate of drug-likeness (QED) is 0.863. The zero-order chi connectivity index (χ0) is 12.3. The van der Waals surface area contributed by atoms with E-state index < -0.39 is 12.2 Å². The van der Waals surface area contributed by atoms with E-state index in [1.165, 1.54) is 0 Å². The number of methoxy groups -OCH3 is 1. The number of aromatic nitrogens is 3. The minimum absolute atomic E-state index is 0.423. The van der Waals surface area contributed by atoms with Crippen LogP contribution in [-0.4, -0.2) is 27.2 Å². The van der Waals surface area contributed by atoms with Gasteiger partial charge in [0.05, 0.1) is 11.9 Å². The Labute approximate surface area is 99.7 Å². The van der Waals surface area contributed by atoms with E-state index in [1.54, 1.807) is 25.0 Å². The summed E-state index contributed by atoms with van der Waals surface area (Å²) in [6.07, 6.45) is 0.329. The predicted molar refractivity (Wildman–Crippen MR) is 62.2 cm³/mol. The Morgan fingerprint density at radius 1 is 1.29 bits per heavy atom. The van der Waals surface area contributed by atoms with Crippen molar-refractivity contribution in [1.82, 2.24) is 15.0 Å². The van der Waals surface area contributed by atoms with Crippen LogP contribution >= 0.6 is 0 Å². The first-order chi connectivity index (χ1) is 8.24. The highest BCUT2D eigenvalue weighted by Gasteiger charge is 2.25. The fraction of sp³-hybridized carbons (Fsp3) is 0.333. The maximum absolute atomic E-state index is 10.3. The smallest absolute Gasteiger partial charge is 0.127 e. The van der Waals surface area contributed by atoms with E-state index in [9.17, 15) is 5.11 Å². The summed E-state index contributed by atoms with van der Waals surface area (Å²) in [6.45, 7) is 0. The molecule has 2 aromatic rings. The second-order valence-corrected chi connectivity index (χ2v) is 3.79. The largest absolute Gasteiger partial charge is 0.384 e. The summed E-state index contributed by atoms with van der Waals surface area (Å²) in [7, 11) is 3.31. The molecule has 2 rings (SSSR count). The molecule has 0 saturated heterocycles. The molecule has 0 bridgehead atoms. The fourth-order valence-electron chi connectivity index (χ4n) is 1.81. The van der Waals surface area contributed by atoms with Gasteiger partial charge in [0, 0.05) is 14.2 Å². The van der Waals surface area contributed by atoms with Gasteiger partial charge in [-0.25, -0.2) is 4.68 Å². The summed E-state index contributed by atoms with van der Waals surface area (Å²) >= 11 is 0. The summed E-state index contributed by atoms with van der Waals surface area (Å²) in [5, 5.41) is 17.8. The van der Waals surface area contributed by atoms with Crippen molar-refractivity contribution < 1.29 is 9.84 Å². The average molecular weight is 233 g/mol. The van der Waals surface area contributed by atoms with Crippen molar-refractivity contribution in [3.63, 3.8) is 0 Å². The van der Waals surface area contributed by atoms with Crippen molar-refractivity contribution in [2.45, 2.75) is 12.2 Å². The topological polar surface area (TPSA) is 60.2 Å². The average Bonchev–Trinajstić information content (AvgIpc) is 2.77. The molecule has 0 aliphatic rings. The maximum atomic E-state index is 10.3. The normalized spacial score (nSPS) is 14.5. The Morgan fingerprint density at radius 2 is 2.00 bits per heavy atom. The van der Waals surface area contributed by atoms with Gasteiger partial charge in [-0.05, 0) is 5.56 Å². The van der Waals surface area contributed by atoms with Crippen LogP contribution in [0.1, 0.15) is 23.5 Å². The van der Waals surface area contributed by atoms with Crippen LogP contribution in [0, 0.1) is 0 Å². The Kier molecular flexibility index (Phi) is 3.51. The molecule has 1 aromatic carbocycles. The molecule has 1 heterocycles. The van der Waals surface area contributed by atoms with Gasteiger partial charge in [-0.15, -0.1) is 5.10 Å². The van der Waals surface area contributed by atoms with E-state index in [2.05, 4.69) is 10.3 Å². The highest BCUT2D eigenvalue weighted by atomic mass is 16.5. The van der Waals surface area contributed by atoms with Gasteiger partial charge in [0.25, 0.3) is 0 Å². The highest BCUT2D eigenvalue weighted by molar-refractivity contribution is 5.20. The first-order valence-corrected chi connectivity index (χ1v) is 5.34. The molecule has 0 aliphatic carbocycles. The SMILES string of the molecule is COC(c1ccccc1)C(O)c1cnnn1C. The summed E-state index contributed by atoms with van der Waals surface area (Å²) in [6, 6.07) is 9.59. The van der Waals surface area contributed by atoms with Crippen molar-refractivity contribution >= 4 is 0 Å². The summed E-state index contributed by atoms with van der Waals surface area (Å²) in [5.41, 5.74) is 1.55. The van der Waals surface area contributed by atoms with Gasteiger partial charge in [-0.1, -0.05) is 35.5 Å². The van der Waals surface area contributed by atoms with Crippen LogP contribution < -0.4 is 0 Å². The van der Waals surface area contributed by atoms with Crippen LogP contribution in [0.15, 0.2) is 36.5 Å². The summed E-state index contributed by atoms with van der Waals surface area (Å²) < 4.78 is 6.90. The van der Waals surface area contributed by atoms with Crippen molar-refractivity contribution in [1.29, 1.82) is 0 Å². The lowest BCUT2D eigenvalue weighted by atomic mass is 10.0. The molecule has 1 N–H and O–H groups in total. The van der Waals surface area contributed by atoms with Crippen LogP contribution in [-0.2, 0) is 11.8 Å². The van der Waals surface area contributed by atoms with Crippen LogP contribution in [0.4, 0.5) is 0 Å². The standard InChI is InChI=1S/C12H15N3O2/c1-15-10(8-13-14-15)11(16)12(17-2)9-6-4-3-5-7-9/h3-8,11-12,16H,1-2H3. The molecule has 2 atom stereocenters. The Bertz CT molecular complexity index is 470. The van der Waals surface area contributed by atoms with Crippen LogP contribution in [0.2, 0.25) is 0 Å². The molecule has 0 aliphatic heterocycles. The number of aliphatic hydroxyl groups is 1. The van der Waals surface area contributed by atoms with Gasteiger partial charge in [0.15, 0.2) is 0 Å². The van der Waals surface area contributed by atoms with Crippen LogP contribution in [0.5, 0.6) is 0 Å². The zero-order valence-corrected chi connectivity index (χ0v) is 9.82. The third-order valence-electron chi connectivity index (χ3n) is 2.72. The Hall–Kier alpha value is -1.72. The molecule has 2 unspecified atom stereocenters. The monoisotopic (exact) mass is 233 g/mol. The molecule has 5 nitrogen and oxygen atoms in total. The molecule has 0 fully saturated rings. The fourth-order valence-corrected chi connectivity index (χ4v) is 1.81. The number of ether oxygens (including phenoxy) is 1. The van der Waals surface area contributed by atoms with E-state index in [1.807, 2.05) is 30.3 Å². The molecule has 17 heavy (non-hydrogen) atoms. The summed E-state index contributed by atoms with van der Waals surface area (Å²) in [5.74, 6) is 0. The lowest BCUT2D eigenvalue weighted by molar-refractivity contribution is -0.0187. The lowest BCUT2D eigenvalue weighted by Crippen LogP contribution is -2.16. The van der Waals surface area contributed by atoms with Gasteiger partial charge in [0.1, 0.15) is 12.2 Å². The molecule has 90 valence electrons. The molecular formula is C12H15N3O2. The minimum Gasteiger partial charge on any atom is -0.384 e. The van der Waals surface area contributed by atoms with Gasteiger partial charge >= 0.3 is 0 Å². The maximum Gasteiger partial charge on any atom is 0.127 e. The minimum atomic E-state index is -0.789. The molecule has 0 radical (unpaired) electrons. The Morgan fingerprint density at radius 3 is 2.53 bits per heavy atom. The van der Waals surface area contributed by atoms with Crippen molar-refractivity contribution in [2.75, 3.05) is 7.11 Å². The van der Waals surface area contributed by atoms with Crippen LogP contribution in [0.25, 0.3) is 0 Å². The van der Waals surface area contributed by atoms with Gasteiger partial charge < -0.3 is 9.84 Å². The number of hydrogen-bond donors (Lipinski definition) is 1. The van der Waals surface area contributed by atoms with Crippen molar-refractivity contribution in [2.24, 2.45) is 7.05 Å². The number of benzene rings is 1. The van der Waals surface area contributed by atoms with Crippen molar-refractivity contribution in [3.05, 3.63) is 47.8 Å². The van der Waals surface area contributed by atoms with Gasteiger partial charge in [-0.2, -0.15) is 0 Å². The molecule has 1 aromatic heterocycles. The van der Waals surface area contributed by atoms with Crippen LogP contribution in [0.3, 0.4) is 0 Å². The first kappa shape index (κ1) is 11.8. The molecular weight excluding hydrogens is 218 g/mol. The highest BCUT2D eigenvalue weighted by Crippen LogP contribution is 2.30. The van der Waals surface area contributed by atoms with Crippen molar-refractivity contribution in [3.8, 4) is 0 Å². The molecule has 0 spiro atoms. The van der Waals surface area contributed by atoms with E-state index >= 15 is 0 Å². The second-order valence-electron chi connectivity index (χ2n) is 3.79. The number of nitrogens with zero attached hydrogens (tertiary/aromatic N) is 3. The third kappa shape index (κ3) is 2.35. The number of hydrogen-bond acceptors (Lipinski definition) is 4. The predicted octanol–water partition coefficient (Wildman–Crippen LogP) is 1.24. The Balaban J connectivity index is 2.28. The van der Waals surface area contributed by atoms with E-state index in [0.717, 1.165) is 5.56 Å². The molecule has 0 amide bonds. The van der Waals surface area contributed by atoms with E-state index in [4.69, 9.17) is 4.74 Å².